The van der Waals surface area contributed by atoms with Crippen molar-refractivity contribution in [3.63, 3.8) is 0 Å². The third-order valence-electron chi connectivity index (χ3n) is 4.13. The molecule has 0 saturated carbocycles. The number of hydrogen-bond donors (Lipinski definition) is 2. The summed E-state index contributed by atoms with van der Waals surface area (Å²) in [7, 11) is 1.81. The van der Waals surface area contributed by atoms with Crippen LogP contribution < -0.4 is 15.8 Å². The Bertz CT molecular complexity index is 976. The van der Waals surface area contributed by atoms with Crippen molar-refractivity contribution in [2.75, 3.05) is 16.8 Å². The number of hydrogen-bond acceptors (Lipinski definition) is 5. The summed E-state index contributed by atoms with van der Waals surface area (Å²) in [5.41, 5.74) is 1.14. The average Bonchev–Trinajstić information content (AvgIpc) is 3.14. The van der Waals surface area contributed by atoms with E-state index in [1.54, 1.807) is 40.2 Å². The monoisotopic (exact) mass is 324 g/mol. The fourth-order valence-corrected chi connectivity index (χ4v) is 2.94. The van der Waals surface area contributed by atoms with E-state index in [9.17, 15) is 9.59 Å². The van der Waals surface area contributed by atoms with E-state index in [1.165, 1.54) is 0 Å². The standard InChI is InChI=1S/C16H16N6O2/c1-21-9-10(8-17-21)22-7-6-13(15(22)24)19-16-18-12-5-3-2-4-11(12)14(23)20-16/h2-5,8-9,13H,6-7H2,1H3,(H2,18,19,20,23). The van der Waals surface area contributed by atoms with Crippen LogP contribution in [0.4, 0.5) is 11.6 Å². The van der Waals surface area contributed by atoms with Gasteiger partial charge in [0.2, 0.25) is 11.9 Å². The molecular weight excluding hydrogens is 308 g/mol. The zero-order valence-corrected chi connectivity index (χ0v) is 13.1. The van der Waals surface area contributed by atoms with Gasteiger partial charge < -0.3 is 10.2 Å². The minimum atomic E-state index is -0.422. The van der Waals surface area contributed by atoms with Crippen molar-refractivity contribution in [2.24, 2.45) is 7.05 Å². The summed E-state index contributed by atoms with van der Waals surface area (Å²) in [5, 5.41) is 7.66. The maximum atomic E-state index is 12.6. The summed E-state index contributed by atoms with van der Waals surface area (Å²) >= 11 is 0. The third-order valence-corrected chi connectivity index (χ3v) is 4.13. The molecule has 0 spiro atoms. The smallest absolute Gasteiger partial charge is 0.260 e. The van der Waals surface area contributed by atoms with Crippen LogP contribution >= 0.6 is 0 Å². The van der Waals surface area contributed by atoms with Crippen LogP contribution in [-0.2, 0) is 11.8 Å². The lowest BCUT2D eigenvalue weighted by atomic mass is 10.2. The Morgan fingerprint density at radius 1 is 1.29 bits per heavy atom. The van der Waals surface area contributed by atoms with Gasteiger partial charge in [-0.3, -0.25) is 19.3 Å². The molecule has 0 aliphatic carbocycles. The number of carbonyl (C=O) groups excluding carboxylic acids is 1. The van der Waals surface area contributed by atoms with E-state index in [-0.39, 0.29) is 11.5 Å². The quantitative estimate of drug-likeness (QED) is 0.745. The molecule has 3 heterocycles. The summed E-state index contributed by atoms with van der Waals surface area (Å²) < 4.78 is 1.66. The first-order valence-electron chi connectivity index (χ1n) is 7.67. The maximum Gasteiger partial charge on any atom is 0.260 e. The molecule has 2 N–H and O–H groups in total. The Morgan fingerprint density at radius 2 is 2.12 bits per heavy atom. The predicted molar refractivity (Wildman–Crippen MR) is 90.0 cm³/mol. The first kappa shape index (κ1) is 14.4. The van der Waals surface area contributed by atoms with Crippen molar-refractivity contribution in [1.82, 2.24) is 19.7 Å². The number of fused-ring (bicyclic) bond motifs is 1. The van der Waals surface area contributed by atoms with Gasteiger partial charge in [-0.1, -0.05) is 12.1 Å². The van der Waals surface area contributed by atoms with Crippen molar-refractivity contribution in [2.45, 2.75) is 12.5 Å². The van der Waals surface area contributed by atoms with E-state index < -0.39 is 6.04 Å². The number of rotatable bonds is 3. The lowest BCUT2D eigenvalue weighted by molar-refractivity contribution is -0.117. The fraction of sp³-hybridized carbons (Fsp3) is 0.250. The van der Waals surface area contributed by atoms with Gasteiger partial charge in [-0.15, -0.1) is 0 Å². The van der Waals surface area contributed by atoms with E-state index in [4.69, 9.17) is 0 Å². The Balaban J connectivity index is 1.58. The number of aromatic amines is 1. The largest absolute Gasteiger partial charge is 0.344 e. The number of nitrogens with zero attached hydrogens (tertiary/aromatic N) is 4. The summed E-state index contributed by atoms with van der Waals surface area (Å²) in [6.07, 6.45) is 4.09. The van der Waals surface area contributed by atoms with E-state index >= 15 is 0 Å². The third kappa shape index (κ3) is 2.41. The van der Waals surface area contributed by atoms with E-state index in [2.05, 4.69) is 20.4 Å². The van der Waals surface area contributed by atoms with Crippen molar-refractivity contribution < 1.29 is 4.79 Å². The van der Waals surface area contributed by atoms with Crippen LogP contribution in [0.2, 0.25) is 0 Å². The van der Waals surface area contributed by atoms with Gasteiger partial charge in [0, 0.05) is 19.8 Å². The molecule has 1 atom stereocenters. The molecule has 3 aromatic rings. The number of nitrogens with one attached hydrogen (secondary N) is 2. The van der Waals surface area contributed by atoms with Crippen molar-refractivity contribution >= 4 is 28.4 Å². The van der Waals surface area contributed by atoms with Gasteiger partial charge in [0.1, 0.15) is 6.04 Å². The van der Waals surface area contributed by atoms with E-state index in [1.807, 2.05) is 13.1 Å². The number of carbonyl (C=O) groups is 1. The van der Waals surface area contributed by atoms with Crippen LogP contribution in [0.3, 0.4) is 0 Å². The number of para-hydroxylation sites is 1. The summed E-state index contributed by atoms with van der Waals surface area (Å²) in [6, 6.07) is 6.68. The first-order valence-corrected chi connectivity index (χ1v) is 7.67. The van der Waals surface area contributed by atoms with Crippen LogP contribution in [0.5, 0.6) is 0 Å². The molecular formula is C16H16N6O2. The fourth-order valence-electron chi connectivity index (χ4n) is 2.94. The molecule has 1 saturated heterocycles. The number of amides is 1. The molecule has 24 heavy (non-hydrogen) atoms. The normalized spacial score (nSPS) is 17.6. The number of anilines is 2. The Hall–Kier alpha value is -3.16. The molecule has 8 nitrogen and oxygen atoms in total. The minimum Gasteiger partial charge on any atom is -0.344 e. The Kier molecular flexibility index (Phi) is 3.30. The molecule has 1 unspecified atom stereocenters. The lowest BCUT2D eigenvalue weighted by Crippen LogP contribution is -2.34. The average molecular weight is 324 g/mol. The van der Waals surface area contributed by atoms with Gasteiger partial charge in [-0.25, -0.2) is 4.98 Å². The molecule has 1 aliphatic heterocycles. The topological polar surface area (TPSA) is 95.9 Å². The van der Waals surface area contributed by atoms with Crippen LogP contribution in [0.15, 0.2) is 41.5 Å². The second kappa shape index (κ2) is 5.48. The molecule has 0 bridgehead atoms. The summed E-state index contributed by atoms with van der Waals surface area (Å²) in [4.78, 5) is 33.4. The summed E-state index contributed by atoms with van der Waals surface area (Å²) in [5.74, 6) is 0.254. The molecule has 1 amide bonds. The van der Waals surface area contributed by atoms with Gasteiger partial charge in [-0.2, -0.15) is 5.10 Å². The number of benzene rings is 1. The second-order valence-electron chi connectivity index (χ2n) is 5.78. The van der Waals surface area contributed by atoms with Gasteiger partial charge in [0.05, 0.1) is 22.8 Å². The van der Waals surface area contributed by atoms with Crippen LogP contribution in [0.1, 0.15) is 6.42 Å². The van der Waals surface area contributed by atoms with E-state index in [0.717, 1.165) is 5.69 Å². The van der Waals surface area contributed by atoms with Gasteiger partial charge in [0.15, 0.2) is 0 Å². The van der Waals surface area contributed by atoms with Crippen molar-refractivity contribution in [3.8, 4) is 0 Å². The van der Waals surface area contributed by atoms with Gasteiger partial charge >= 0.3 is 0 Å². The highest BCUT2D eigenvalue weighted by Crippen LogP contribution is 2.22. The predicted octanol–water partition coefficient (Wildman–Crippen LogP) is 0.874. The minimum absolute atomic E-state index is 0.0567. The zero-order chi connectivity index (χ0) is 16.7. The van der Waals surface area contributed by atoms with Crippen LogP contribution in [0, 0.1) is 0 Å². The van der Waals surface area contributed by atoms with Gasteiger partial charge in [0.25, 0.3) is 5.56 Å². The molecule has 0 radical (unpaired) electrons. The van der Waals surface area contributed by atoms with Crippen LogP contribution in [0.25, 0.3) is 10.9 Å². The number of aryl methyl sites for hydroxylation is 1. The molecule has 1 aromatic carbocycles. The number of H-pyrrole nitrogens is 1. The first-order chi connectivity index (χ1) is 11.6. The number of aromatic nitrogens is 4. The lowest BCUT2D eigenvalue weighted by Gasteiger charge is -2.15. The van der Waals surface area contributed by atoms with Crippen molar-refractivity contribution in [1.29, 1.82) is 0 Å². The molecule has 122 valence electrons. The highest BCUT2D eigenvalue weighted by molar-refractivity contribution is 6.00. The van der Waals surface area contributed by atoms with Gasteiger partial charge in [-0.05, 0) is 18.6 Å². The zero-order valence-electron chi connectivity index (χ0n) is 13.1. The molecule has 2 aromatic heterocycles. The SMILES string of the molecule is Cn1cc(N2CCC(Nc3nc4ccccc4c(=O)[nH]3)C2=O)cn1. The highest BCUT2D eigenvalue weighted by Gasteiger charge is 2.33. The second-order valence-corrected chi connectivity index (χ2v) is 5.78. The van der Waals surface area contributed by atoms with Crippen molar-refractivity contribution in [3.05, 3.63) is 47.0 Å². The van der Waals surface area contributed by atoms with Crippen LogP contribution in [-0.4, -0.2) is 38.2 Å². The Labute approximate surface area is 137 Å². The molecule has 1 fully saturated rings. The molecule has 1 aliphatic rings. The Morgan fingerprint density at radius 3 is 2.92 bits per heavy atom. The van der Waals surface area contributed by atoms with E-state index in [0.29, 0.717) is 29.8 Å². The maximum absolute atomic E-state index is 12.6. The summed E-state index contributed by atoms with van der Waals surface area (Å²) in [6.45, 7) is 0.597. The molecule has 4 rings (SSSR count). The molecule has 8 heteroatoms. The highest BCUT2D eigenvalue weighted by atomic mass is 16.2.